The average molecular weight is 390 g/mol. The third-order valence-electron chi connectivity index (χ3n) is 4.20. The van der Waals surface area contributed by atoms with Crippen molar-refractivity contribution in [3.8, 4) is 17.1 Å². The minimum atomic E-state index is -0.593. The first kappa shape index (κ1) is 18.2. The number of aliphatic imine (C=N–C) groups is 1. The SMILES string of the molecule is COc1ccc(C2=N/C(=C\c3ccc(-c4cccc([N+](=O)[O-])c4)o3)C(=O)O2)cc1. The molecule has 0 saturated carbocycles. The summed E-state index contributed by atoms with van der Waals surface area (Å²) in [7, 11) is 1.56. The van der Waals surface area contributed by atoms with Crippen molar-refractivity contribution in [2.45, 2.75) is 0 Å². The quantitative estimate of drug-likeness (QED) is 0.280. The van der Waals surface area contributed by atoms with Crippen molar-refractivity contribution in [2.24, 2.45) is 4.99 Å². The molecule has 0 fully saturated rings. The largest absolute Gasteiger partial charge is 0.497 e. The van der Waals surface area contributed by atoms with Gasteiger partial charge in [-0.2, -0.15) is 0 Å². The number of benzene rings is 2. The van der Waals surface area contributed by atoms with E-state index in [2.05, 4.69) is 4.99 Å². The van der Waals surface area contributed by atoms with E-state index in [0.29, 0.717) is 28.4 Å². The molecule has 0 unspecified atom stereocenters. The number of ether oxygens (including phenoxy) is 2. The lowest BCUT2D eigenvalue weighted by Gasteiger charge is -2.01. The predicted octanol–water partition coefficient (Wildman–Crippen LogP) is 4.21. The Balaban J connectivity index is 1.59. The van der Waals surface area contributed by atoms with Crippen LogP contribution in [-0.4, -0.2) is 23.9 Å². The topological polar surface area (TPSA) is 104 Å². The van der Waals surface area contributed by atoms with Crippen LogP contribution in [0.4, 0.5) is 5.69 Å². The van der Waals surface area contributed by atoms with Crippen LogP contribution >= 0.6 is 0 Å². The summed E-state index contributed by atoms with van der Waals surface area (Å²) in [6, 6.07) is 16.4. The monoisotopic (exact) mass is 390 g/mol. The van der Waals surface area contributed by atoms with Gasteiger partial charge in [0.2, 0.25) is 5.90 Å². The fourth-order valence-corrected chi connectivity index (χ4v) is 2.76. The first-order valence-corrected chi connectivity index (χ1v) is 8.55. The normalized spacial score (nSPS) is 14.6. The van der Waals surface area contributed by atoms with Gasteiger partial charge in [0.1, 0.15) is 17.3 Å². The molecule has 0 radical (unpaired) electrons. The Morgan fingerprint density at radius 2 is 1.86 bits per heavy atom. The zero-order valence-electron chi connectivity index (χ0n) is 15.2. The van der Waals surface area contributed by atoms with Crippen LogP contribution in [0.15, 0.2) is 75.8 Å². The van der Waals surface area contributed by atoms with Crippen molar-refractivity contribution in [3.05, 3.63) is 87.8 Å². The predicted molar refractivity (Wildman–Crippen MR) is 104 cm³/mol. The van der Waals surface area contributed by atoms with Crippen LogP contribution in [0.1, 0.15) is 11.3 Å². The molecule has 1 aromatic heterocycles. The number of cyclic esters (lactones) is 1. The van der Waals surface area contributed by atoms with E-state index < -0.39 is 10.9 Å². The Morgan fingerprint density at radius 3 is 2.59 bits per heavy atom. The molecule has 4 rings (SSSR count). The van der Waals surface area contributed by atoms with E-state index in [1.54, 1.807) is 55.6 Å². The third-order valence-corrected chi connectivity index (χ3v) is 4.20. The second-order valence-corrected chi connectivity index (χ2v) is 6.07. The smallest absolute Gasteiger partial charge is 0.363 e. The fourth-order valence-electron chi connectivity index (χ4n) is 2.76. The van der Waals surface area contributed by atoms with Crippen molar-refractivity contribution < 1.29 is 23.6 Å². The highest BCUT2D eigenvalue weighted by Gasteiger charge is 2.24. The number of non-ortho nitro benzene ring substituents is 1. The van der Waals surface area contributed by atoms with E-state index in [4.69, 9.17) is 13.9 Å². The summed E-state index contributed by atoms with van der Waals surface area (Å²) in [5, 5.41) is 10.9. The first-order valence-electron chi connectivity index (χ1n) is 8.55. The lowest BCUT2D eigenvalue weighted by Crippen LogP contribution is -2.05. The van der Waals surface area contributed by atoms with Gasteiger partial charge < -0.3 is 13.9 Å². The number of nitro benzene ring substituents is 1. The summed E-state index contributed by atoms with van der Waals surface area (Å²) in [5.74, 6) is 1.08. The number of rotatable bonds is 5. The van der Waals surface area contributed by atoms with Gasteiger partial charge >= 0.3 is 5.97 Å². The van der Waals surface area contributed by atoms with Gasteiger partial charge in [-0.05, 0) is 36.4 Å². The van der Waals surface area contributed by atoms with Gasteiger partial charge in [-0.3, -0.25) is 10.1 Å². The Kier molecular flexibility index (Phi) is 4.66. The van der Waals surface area contributed by atoms with Crippen molar-refractivity contribution >= 4 is 23.6 Å². The van der Waals surface area contributed by atoms with Gasteiger partial charge in [0.25, 0.3) is 5.69 Å². The van der Waals surface area contributed by atoms with Crippen LogP contribution in [-0.2, 0) is 9.53 Å². The van der Waals surface area contributed by atoms with Gasteiger partial charge in [-0.1, -0.05) is 12.1 Å². The summed E-state index contributed by atoms with van der Waals surface area (Å²) >= 11 is 0. The maximum Gasteiger partial charge on any atom is 0.363 e. The number of nitrogens with zero attached hydrogens (tertiary/aromatic N) is 2. The van der Waals surface area contributed by atoms with E-state index in [0.717, 1.165) is 0 Å². The molecule has 0 atom stereocenters. The standard InChI is InChI=1S/C21H14N2O6/c1-27-16-7-5-13(6-8-16)20-22-18(21(24)29-20)12-17-9-10-19(28-17)14-3-2-4-15(11-14)23(25)26/h2-12H,1H3/b18-12-. The molecule has 0 aliphatic carbocycles. The third kappa shape index (κ3) is 3.77. The zero-order valence-corrected chi connectivity index (χ0v) is 15.2. The van der Waals surface area contributed by atoms with Crippen LogP contribution < -0.4 is 4.74 Å². The van der Waals surface area contributed by atoms with Gasteiger partial charge in [-0.25, -0.2) is 9.79 Å². The maximum absolute atomic E-state index is 12.1. The minimum Gasteiger partial charge on any atom is -0.497 e. The van der Waals surface area contributed by atoms with Gasteiger partial charge in [0.05, 0.1) is 12.0 Å². The molecule has 1 aliphatic rings. The Bertz CT molecular complexity index is 1160. The number of nitro groups is 1. The molecule has 2 aromatic carbocycles. The molecular formula is C21H14N2O6. The Labute approximate surface area is 164 Å². The highest BCUT2D eigenvalue weighted by Crippen LogP contribution is 2.27. The van der Waals surface area contributed by atoms with Crippen LogP contribution in [0.25, 0.3) is 17.4 Å². The molecule has 144 valence electrons. The number of hydrogen-bond acceptors (Lipinski definition) is 7. The fraction of sp³-hybridized carbons (Fsp3) is 0.0476. The lowest BCUT2D eigenvalue weighted by molar-refractivity contribution is -0.384. The molecule has 0 N–H and O–H groups in total. The number of hydrogen-bond donors (Lipinski definition) is 0. The summed E-state index contributed by atoms with van der Waals surface area (Å²) < 4.78 is 16.0. The van der Waals surface area contributed by atoms with Crippen molar-refractivity contribution in [1.29, 1.82) is 0 Å². The van der Waals surface area contributed by atoms with E-state index in [1.165, 1.54) is 18.2 Å². The molecule has 0 saturated heterocycles. The second kappa shape index (κ2) is 7.43. The number of methoxy groups -OCH3 is 1. The minimum absolute atomic E-state index is 0.0353. The van der Waals surface area contributed by atoms with Gasteiger partial charge in [0, 0.05) is 29.3 Å². The molecule has 8 heteroatoms. The highest BCUT2D eigenvalue weighted by molar-refractivity contribution is 6.12. The second-order valence-electron chi connectivity index (χ2n) is 6.07. The van der Waals surface area contributed by atoms with Crippen LogP contribution in [0.3, 0.4) is 0 Å². The number of esters is 1. The van der Waals surface area contributed by atoms with Crippen molar-refractivity contribution in [3.63, 3.8) is 0 Å². The van der Waals surface area contributed by atoms with Crippen molar-refractivity contribution in [1.82, 2.24) is 0 Å². The van der Waals surface area contributed by atoms with Crippen LogP contribution in [0, 0.1) is 10.1 Å². The van der Waals surface area contributed by atoms with Crippen LogP contribution in [0.5, 0.6) is 5.75 Å². The average Bonchev–Trinajstić information content (AvgIpc) is 3.35. The van der Waals surface area contributed by atoms with Crippen molar-refractivity contribution in [2.75, 3.05) is 7.11 Å². The molecule has 3 aromatic rings. The molecular weight excluding hydrogens is 376 g/mol. The summed E-state index contributed by atoms with van der Waals surface area (Å²) in [4.78, 5) is 26.8. The number of carbonyl (C=O) groups is 1. The summed E-state index contributed by atoms with van der Waals surface area (Å²) in [5.41, 5.74) is 1.25. The summed E-state index contributed by atoms with van der Waals surface area (Å²) in [6.07, 6.45) is 1.46. The number of carbonyl (C=O) groups excluding carboxylic acids is 1. The molecule has 1 aliphatic heterocycles. The molecule has 8 nitrogen and oxygen atoms in total. The Morgan fingerprint density at radius 1 is 1.07 bits per heavy atom. The van der Waals surface area contributed by atoms with Gasteiger partial charge in [0.15, 0.2) is 5.70 Å². The summed E-state index contributed by atoms with van der Waals surface area (Å²) in [6.45, 7) is 0. The van der Waals surface area contributed by atoms with E-state index in [1.807, 2.05) is 0 Å². The van der Waals surface area contributed by atoms with Gasteiger partial charge in [-0.15, -0.1) is 0 Å². The molecule has 2 heterocycles. The Hall–Kier alpha value is -4.20. The molecule has 0 bridgehead atoms. The zero-order chi connectivity index (χ0) is 20.4. The first-order chi connectivity index (χ1) is 14.0. The molecule has 29 heavy (non-hydrogen) atoms. The van der Waals surface area contributed by atoms with E-state index >= 15 is 0 Å². The number of furan rings is 1. The maximum atomic E-state index is 12.1. The molecule has 0 amide bonds. The van der Waals surface area contributed by atoms with E-state index in [-0.39, 0.29) is 17.3 Å². The molecule has 0 spiro atoms. The highest BCUT2D eigenvalue weighted by atomic mass is 16.6. The van der Waals surface area contributed by atoms with E-state index in [9.17, 15) is 14.9 Å². The van der Waals surface area contributed by atoms with Crippen LogP contribution in [0.2, 0.25) is 0 Å². The lowest BCUT2D eigenvalue weighted by atomic mass is 10.1.